The number of carboxylic acids is 1. The van der Waals surface area contributed by atoms with E-state index in [9.17, 15) is 14.4 Å². The van der Waals surface area contributed by atoms with Crippen LogP contribution in [0.5, 0.6) is 0 Å². The quantitative estimate of drug-likeness (QED) is 0.343. The van der Waals surface area contributed by atoms with Crippen LogP contribution >= 0.6 is 0 Å². The lowest BCUT2D eigenvalue weighted by Crippen LogP contribution is -2.30. The lowest BCUT2D eigenvalue weighted by molar-refractivity contribution is -0.162. The van der Waals surface area contributed by atoms with Gasteiger partial charge < -0.3 is 19.9 Å². The molecule has 0 heterocycles. The molecule has 1 amide bonds. The van der Waals surface area contributed by atoms with Crippen molar-refractivity contribution in [1.82, 2.24) is 5.32 Å². The number of amides is 1. The summed E-state index contributed by atoms with van der Waals surface area (Å²) in [4.78, 5) is 32.8. The van der Waals surface area contributed by atoms with E-state index in [2.05, 4.69) is 23.9 Å². The molecule has 23 heavy (non-hydrogen) atoms. The van der Waals surface area contributed by atoms with Gasteiger partial charge in [0.15, 0.2) is 0 Å². The summed E-state index contributed by atoms with van der Waals surface area (Å²) in [7, 11) is 0. The summed E-state index contributed by atoms with van der Waals surface area (Å²) in [5.41, 5.74) is 0. The number of carbonyl (C=O) groups is 3. The first-order valence-corrected chi connectivity index (χ1v) is 8.04. The van der Waals surface area contributed by atoms with Gasteiger partial charge in [0.2, 0.25) is 6.29 Å². The van der Waals surface area contributed by atoms with Crippen LogP contribution in [0.2, 0.25) is 0 Å². The van der Waals surface area contributed by atoms with Gasteiger partial charge in [0.05, 0.1) is 0 Å². The largest absolute Gasteiger partial charge is 0.481 e. The molecule has 0 saturated carbocycles. The standard InChI is InChI=1S/C16H29NO6/c1-11(2)10-14(7-8-15(19)20)6-5-9-17-16(21)23-13(4)22-12(3)18/h11,13-14H,5-10H2,1-4H3,(H,17,21)(H,19,20)/t13-,14-/m0/s1. The normalized spacial score (nSPS) is 13.3. The number of carbonyl (C=O) groups excluding carboxylic acids is 2. The molecule has 0 unspecified atom stereocenters. The van der Waals surface area contributed by atoms with Crippen LogP contribution in [0.4, 0.5) is 4.79 Å². The van der Waals surface area contributed by atoms with Crippen molar-refractivity contribution in [3.05, 3.63) is 0 Å². The number of esters is 1. The maximum atomic E-state index is 11.5. The predicted molar refractivity (Wildman–Crippen MR) is 84.8 cm³/mol. The first kappa shape index (κ1) is 21.2. The number of rotatable bonds is 11. The van der Waals surface area contributed by atoms with Gasteiger partial charge in [0.25, 0.3) is 0 Å². The van der Waals surface area contributed by atoms with Crippen LogP contribution in [0, 0.1) is 11.8 Å². The van der Waals surface area contributed by atoms with Gasteiger partial charge in [0.1, 0.15) is 0 Å². The van der Waals surface area contributed by atoms with E-state index in [4.69, 9.17) is 9.84 Å². The van der Waals surface area contributed by atoms with Gasteiger partial charge in [0, 0.05) is 26.8 Å². The Balaban J connectivity index is 3.96. The molecule has 0 spiro atoms. The number of ether oxygens (including phenoxy) is 2. The fraction of sp³-hybridized carbons (Fsp3) is 0.812. The molecule has 0 fully saturated rings. The Morgan fingerprint density at radius 1 is 1.09 bits per heavy atom. The molecular formula is C16H29NO6. The minimum Gasteiger partial charge on any atom is -0.481 e. The highest BCUT2D eigenvalue weighted by molar-refractivity contribution is 5.68. The summed E-state index contributed by atoms with van der Waals surface area (Å²) in [6.07, 6.45) is 1.84. The number of hydrogen-bond donors (Lipinski definition) is 2. The molecule has 0 aliphatic rings. The Bertz CT molecular complexity index is 383. The Kier molecular flexibility index (Phi) is 10.8. The van der Waals surface area contributed by atoms with Gasteiger partial charge in [-0.25, -0.2) is 4.79 Å². The Morgan fingerprint density at radius 3 is 2.26 bits per heavy atom. The first-order valence-electron chi connectivity index (χ1n) is 8.04. The molecule has 0 saturated heterocycles. The van der Waals surface area contributed by atoms with Gasteiger partial charge >= 0.3 is 18.0 Å². The van der Waals surface area contributed by atoms with Crippen molar-refractivity contribution in [2.75, 3.05) is 6.54 Å². The second-order valence-electron chi connectivity index (χ2n) is 6.08. The average Bonchev–Trinajstić information content (AvgIpc) is 2.38. The van der Waals surface area contributed by atoms with Crippen LogP contribution in [0.3, 0.4) is 0 Å². The number of hydrogen-bond acceptors (Lipinski definition) is 5. The second kappa shape index (κ2) is 11.7. The summed E-state index contributed by atoms with van der Waals surface area (Å²) in [5, 5.41) is 11.4. The number of carboxylic acid groups (broad SMARTS) is 1. The third-order valence-corrected chi connectivity index (χ3v) is 3.23. The molecule has 0 aliphatic heterocycles. The number of alkyl carbamates (subject to hydrolysis) is 1. The molecule has 0 rings (SSSR count). The second-order valence-corrected chi connectivity index (χ2v) is 6.08. The summed E-state index contributed by atoms with van der Waals surface area (Å²) in [6, 6.07) is 0. The molecule has 0 aromatic carbocycles. The van der Waals surface area contributed by atoms with Gasteiger partial charge in [-0.2, -0.15) is 0 Å². The minimum absolute atomic E-state index is 0.173. The number of aliphatic carboxylic acids is 1. The summed E-state index contributed by atoms with van der Waals surface area (Å²) in [6.45, 7) is 7.36. The van der Waals surface area contributed by atoms with Crippen molar-refractivity contribution in [3.63, 3.8) is 0 Å². The van der Waals surface area contributed by atoms with Gasteiger partial charge in [-0.3, -0.25) is 9.59 Å². The molecule has 0 aliphatic carbocycles. The zero-order chi connectivity index (χ0) is 17.8. The van der Waals surface area contributed by atoms with E-state index in [0.717, 1.165) is 19.3 Å². The molecule has 0 bridgehead atoms. The Hall–Kier alpha value is -1.79. The molecule has 0 radical (unpaired) electrons. The van der Waals surface area contributed by atoms with Gasteiger partial charge in [-0.15, -0.1) is 0 Å². The third-order valence-electron chi connectivity index (χ3n) is 3.23. The van der Waals surface area contributed by atoms with E-state index in [0.29, 0.717) is 24.8 Å². The van der Waals surface area contributed by atoms with E-state index >= 15 is 0 Å². The summed E-state index contributed by atoms with van der Waals surface area (Å²) in [5.74, 6) is -0.444. The van der Waals surface area contributed by atoms with E-state index in [-0.39, 0.29) is 6.42 Å². The zero-order valence-corrected chi connectivity index (χ0v) is 14.5. The molecule has 7 heteroatoms. The van der Waals surface area contributed by atoms with Crippen molar-refractivity contribution in [3.8, 4) is 0 Å². The molecule has 7 nitrogen and oxygen atoms in total. The van der Waals surface area contributed by atoms with E-state index in [1.165, 1.54) is 13.8 Å². The van der Waals surface area contributed by atoms with Crippen LogP contribution in [0.25, 0.3) is 0 Å². The van der Waals surface area contributed by atoms with Crippen LogP contribution in [0.1, 0.15) is 59.8 Å². The van der Waals surface area contributed by atoms with Crippen molar-refractivity contribution in [1.29, 1.82) is 0 Å². The van der Waals surface area contributed by atoms with Gasteiger partial charge in [-0.05, 0) is 37.5 Å². The van der Waals surface area contributed by atoms with Crippen LogP contribution in [-0.4, -0.2) is 36.0 Å². The Labute approximate surface area is 137 Å². The van der Waals surface area contributed by atoms with Crippen LogP contribution in [0.15, 0.2) is 0 Å². The van der Waals surface area contributed by atoms with Crippen molar-refractivity contribution in [2.45, 2.75) is 66.1 Å². The maximum absolute atomic E-state index is 11.5. The SMILES string of the molecule is CC(=O)O[C@H](C)OC(=O)NCCC[C@@H](CCC(=O)O)CC(C)C. The third kappa shape index (κ3) is 13.6. The fourth-order valence-electron chi connectivity index (χ4n) is 2.41. The Morgan fingerprint density at radius 2 is 1.74 bits per heavy atom. The maximum Gasteiger partial charge on any atom is 0.410 e. The summed E-state index contributed by atoms with van der Waals surface area (Å²) < 4.78 is 9.53. The summed E-state index contributed by atoms with van der Waals surface area (Å²) >= 11 is 0. The first-order chi connectivity index (χ1) is 10.7. The minimum atomic E-state index is -0.920. The molecule has 2 N–H and O–H groups in total. The lowest BCUT2D eigenvalue weighted by atomic mass is 9.89. The smallest absolute Gasteiger partial charge is 0.410 e. The van der Waals surface area contributed by atoms with Crippen molar-refractivity contribution < 1.29 is 29.0 Å². The van der Waals surface area contributed by atoms with Crippen LogP contribution < -0.4 is 5.32 Å². The zero-order valence-electron chi connectivity index (χ0n) is 14.5. The molecule has 0 aromatic rings. The lowest BCUT2D eigenvalue weighted by Gasteiger charge is -2.18. The number of nitrogens with one attached hydrogen (secondary N) is 1. The molecule has 2 atom stereocenters. The monoisotopic (exact) mass is 331 g/mol. The molecule has 134 valence electrons. The van der Waals surface area contributed by atoms with Crippen molar-refractivity contribution >= 4 is 18.0 Å². The fourth-order valence-corrected chi connectivity index (χ4v) is 2.41. The van der Waals surface area contributed by atoms with E-state index < -0.39 is 24.3 Å². The topological polar surface area (TPSA) is 102 Å². The highest BCUT2D eigenvalue weighted by Gasteiger charge is 2.14. The van der Waals surface area contributed by atoms with Crippen molar-refractivity contribution in [2.24, 2.45) is 11.8 Å². The average molecular weight is 331 g/mol. The highest BCUT2D eigenvalue weighted by Crippen LogP contribution is 2.22. The van der Waals surface area contributed by atoms with Gasteiger partial charge in [-0.1, -0.05) is 13.8 Å². The molecule has 0 aromatic heterocycles. The molecular weight excluding hydrogens is 302 g/mol. The predicted octanol–water partition coefficient (Wildman–Crippen LogP) is 2.93. The van der Waals surface area contributed by atoms with E-state index in [1.807, 2.05) is 0 Å². The van der Waals surface area contributed by atoms with Crippen LogP contribution in [-0.2, 0) is 19.1 Å². The highest BCUT2D eigenvalue weighted by atomic mass is 16.7. The van der Waals surface area contributed by atoms with E-state index in [1.54, 1.807) is 0 Å².